The van der Waals surface area contributed by atoms with Crippen molar-refractivity contribution in [2.75, 3.05) is 18.0 Å². The van der Waals surface area contributed by atoms with E-state index < -0.39 is 5.76 Å². The predicted octanol–water partition coefficient (Wildman–Crippen LogP) is 3.23. The highest BCUT2D eigenvalue weighted by molar-refractivity contribution is 7.14. The van der Waals surface area contributed by atoms with Gasteiger partial charge in [-0.25, -0.2) is 9.78 Å². The maximum absolute atomic E-state index is 11.2. The van der Waals surface area contributed by atoms with Crippen LogP contribution in [0.4, 0.5) is 5.13 Å². The number of nitrogens with zero attached hydrogens (tertiary/aromatic N) is 2. The van der Waals surface area contributed by atoms with Crippen molar-refractivity contribution in [3.63, 3.8) is 0 Å². The molecular formula is C15H15N3O2S. The maximum Gasteiger partial charge on any atom is 0.417 e. The number of thiazole rings is 1. The summed E-state index contributed by atoms with van der Waals surface area (Å²) in [4.78, 5) is 20.9. The van der Waals surface area contributed by atoms with E-state index in [4.69, 9.17) is 9.40 Å². The topological polar surface area (TPSA) is 62.1 Å². The first kappa shape index (κ1) is 12.6. The van der Waals surface area contributed by atoms with Gasteiger partial charge in [-0.1, -0.05) is 6.07 Å². The Hall–Kier alpha value is -2.08. The summed E-state index contributed by atoms with van der Waals surface area (Å²) in [6.45, 7) is 2.19. The summed E-state index contributed by atoms with van der Waals surface area (Å²) in [5, 5.41) is 3.15. The minimum Gasteiger partial charge on any atom is -0.408 e. The first-order chi connectivity index (χ1) is 10.3. The van der Waals surface area contributed by atoms with Crippen molar-refractivity contribution in [3.05, 3.63) is 34.1 Å². The van der Waals surface area contributed by atoms with Crippen LogP contribution >= 0.6 is 11.3 Å². The summed E-state index contributed by atoms with van der Waals surface area (Å²) < 4.78 is 5.11. The Labute approximate surface area is 125 Å². The second-order valence-corrected chi connectivity index (χ2v) is 6.13. The number of nitrogens with one attached hydrogen (secondary N) is 1. The molecule has 0 saturated carbocycles. The molecule has 1 aliphatic heterocycles. The quantitative estimate of drug-likeness (QED) is 0.789. The van der Waals surface area contributed by atoms with Crippen LogP contribution in [-0.2, 0) is 0 Å². The first-order valence-electron chi connectivity index (χ1n) is 7.13. The molecule has 5 nitrogen and oxygen atoms in total. The molecule has 1 N–H and O–H groups in total. The van der Waals surface area contributed by atoms with Gasteiger partial charge < -0.3 is 9.32 Å². The zero-order chi connectivity index (χ0) is 14.2. The van der Waals surface area contributed by atoms with Crippen LogP contribution in [-0.4, -0.2) is 23.1 Å². The summed E-state index contributed by atoms with van der Waals surface area (Å²) in [5.41, 5.74) is 3.20. The molecule has 0 atom stereocenters. The molecule has 6 heteroatoms. The fraction of sp³-hybridized carbons (Fsp3) is 0.333. The first-order valence-corrected chi connectivity index (χ1v) is 8.01. The summed E-state index contributed by atoms with van der Waals surface area (Å²) in [5.74, 6) is -0.422. The smallest absolute Gasteiger partial charge is 0.408 e. The number of oxazole rings is 1. The molecule has 3 heterocycles. The number of aromatic amines is 1. The van der Waals surface area contributed by atoms with Crippen LogP contribution in [0.3, 0.4) is 0 Å². The molecule has 0 spiro atoms. The fourth-order valence-electron chi connectivity index (χ4n) is 2.73. The van der Waals surface area contributed by atoms with Crippen molar-refractivity contribution in [3.8, 4) is 11.3 Å². The molecule has 1 aromatic carbocycles. The lowest BCUT2D eigenvalue weighted by Gasteiger charge is -2.25. The van der Waals surface area contributed by atoms with Crippen LogP contribution in [0.15, 0.2) is 32.8 Å². The van der Waals surface area contributed by atoms with Gasteiger partial charge in [0.1, 0.15) is 0 Å². The molecule has 21 heavy (non-hydrogen) atoms. The van der Waals surface area contributed by atoms with Gasteiger partial charge in [-0.3, -0.25) is 4.98 Å². The third-order valence-electron chi connectivity index (χ3n) is 3.84. The average molecular weight is 301 g/mol. The van der Waals surface area contributed by atoms with Gasteiger partial charge in [0.15, 0.2) is 10.7 Å². The molecule has 0 radical (unpaired) electrons. The van der Waals surface area contributed by atoms with E-state index in [2.05, 4.69) is 15.3 Å². The molecule has 1 fully saturated rings. The monoisotopic (exact) mass is 301 g/mol. The normalized spacial score (nSPS) is 15.7. The van der Waals surface area contributed by atoms with E-state index in [9.17, 15) is 4.79 Å². The van der Waals surface area contributed by atoms with Crippen LogP contribution in [0, 0.1) is 0 Å². The highest BCUT2D eigenvalue weighted by atomic mass is 32.1. The molecule has 1 aliphatic rings. The van der Waals surface area contributed by atoms with Gasteiger partial charge in [0.2, 0.25) is 0 Å². The Kier molecular flexibility index (Phi) is 3.03. The van der Waals surface area contributed by atoms with Gasteiger partial charge in [-0.15, -0.1) is 11.3 Å². The van der Waals surface area contributed by atoms with Crippen molar-refractivity contribution in [2.45, 2.75) is 19.3 Å². The van der Waals surface area contributed by atoms with E-state index in [1.165, 1.54) is 19.3 Å². The van der Waals surface area contributed by atoms with Crippen molar-refractivity contribution in [1.29, 1.82) is 0 Å². The van der Waals surface area contributed by atoms with E-state index in [0.29, 0.717) is 5.58 Å². The SMILES string of the molecule is O=c1[nH]c2ccc(-c3csc(N4CCCCC4)n3)cc2o1. The summed E-state index contributed by atoms with van der Waals surface area (Å²) >= 11 is 1.68. The third kappa shape index (κ3) is 2.35. The molecular weight excluding hydrogens is 286 g/mol. The number of anilines is 1. The van der Waals surface area contributed by atoms with E-state index in [-0.39, 0.29) is 0 Å². The number of rotatable bonds is 2. The second kappa shape index (κ2) is 5.04. The minimum absolute atomic E-state index is 0.422. The standard InChI is InChI=1S/C15H15N3O2S/c19-15-17-11-5-4-10(8-13(11)20-15)12-9-21-14(16-12)18-6-2-1-3-7-18/h4-5,8-9H,1-3,6-7H2,(H,17,19). The molecule has 0 aliphatic carbocycles. The molecule has 3 aromatic rings. The van der Waals surface area contributed by atoms with Gasteiger partial charge in [0, 0.05) is 24.0 Å². The number of hydrogen-bond donors (Lipinski definition) is 1. The van der Waals surface area contributed by atoms with Crippen LogP contribution in [0.1, 0.15) is 19.3 Å². The lowest BCUT2D eigenvalue weighted by molar-refractivity contribution is 0.555. The van der Waals surface area contributed by atoms with Crippen LogP contribution < -0.4 is 10.7 Å². The van der Waals surface area contributed by atoms with E-state index in [0.717, 1.165) is 35.0 Å². The van der Waals surface area contributed by atoms with Crippen molar-refractivity contribution in [2.24, 2.45) is 0 Å². The zero-order valence-corrected chi connectivity index (χ0v) is 12.3. The molecule has 0 amide bonds. The minimum atomic E-state index is -0.422. The van der Waals surface area contributed by atoms with Gasteiger partial charge in [-0.2, -0.15) is 0 Å². The van der Waals surface area contributed by atoms with Crippen molar-refractivity contribution in [1.82, 2.24) is 9.97 Å². The number of hydrogen-bond acceptors (Lipinski definition) is 5. The Morgan fingerprint density at radius 2 is 2.10 bits per heavy atom. The average Bonchev–Trinajstić information content (AvgIpc) is 3.12. The van der Waals surface area contributed by atoms with Crippen LogP contribution in [0.2, 0.25) is 0 Å². The van der Waals surface area contributed by atoms with Gasteiger partial charge >= 0.3 is 5.76 Å². The summed E-state index contributed by atoms with van der Waals surface area (Å²) in [7, 11) is 0. The Bertz CT molecular complexity index is 827. The van der Waals surface area contributed by atoms with Gasteiger partial charge in [0.05, 0.1) is 11.2 Å². The van der Waals surface area contributed by atoms with Gasteiger partial charge in [-0.05, 0) is 31.4 Å². The molecule has 4 rings (SSSR count). The van der Waals surface area contributed by atoms with Crippen molar-refractivity contribution < 1.29 is 4.42 Å². The van der Waals surface area contributed by atoms with Crippen LogP contribution in [0.25, 0.3) is 22.4 Å². The second-order valence-electron chi connectivity index (χ2n) is 5.29. The Balaban J connectivity index is 1.68. The number of fused-ring (bicyclic) bond motifs is 1. The molecule has 0 unspecified atom stereocenters. The Morgan fingerprint density at radius 1 is 1.24 bits per heavy atom. The molecule has 2 aromatic heterocycles. The lowest BCUT2D eigenvalue weighted by atomic mass is 10.1. The maximum atomic E-state index is 11.2. The number of piperidine rings is 1. The zero-order valence-electron chi connectivity index (χ0n) is 11.5. The van der Waals surface area contributed by atoms with Crippen LogP contribution in [0.5, 0.6) is 0 Å². The number of aromatic nitrogens is 2. The Morgan fingerprint density at radius 3 is 2.95 bits per heavy atom. The lowest BCUT2D eigenvalue weighted by Crippen LogP contribution is -2.29. The number of H-pyrrole nitrogens is 1. The molecule has 0 bridgehead atoms. The largest absolute Gasteiger partial charge is 0.417 e. The van der Waals surface area contributed by atoms with E-state index >= 15 is 0 Å². The van der Waals surface area contributed by atoms with Gasteiger partial charge in [0.25, 0.3) is 0 Å². The predicted molar refractivity (Wildman–Crippen MR) is 84.0 cm³/mol. The third-order valence-corrected chi connectivity index (χ3v) is 4.74. The molecule has 108 valence electrons. The van der Waals surface area contributed by atoms with E-state index in [1.54, 1.807) is 11.3 Å². The van der Waals surface area contributed by atoms with Crippen molar-refractivity contribution >= 4 is 27.6 Å². The number of benzene rings is 1. The highest BCUT2D eigenvalue weighted by Gasteiger charge is 2.15. The summed E-state index contributed by atoms with van der Waals surface area (Å²) in [6.07, 6.45) is 3.81. The van der Waals surface area contributed by atoms with E-state index in [1.807, 2.05) is 18.2 Å². The summed E-state index contributed by atoms with van der Waals surface area (Å²) in [6, 6.07) is 5.68. The molecule has 1 saturated heterocycles. The highest BCUT2D eigenvalue weighted by Crippen LogP contribution is 2.30. The fourth-order valence-corrected chi connectivity index (χ4v) is 3.62.